The maximum atomic E-state index is 6.76. The highest BCUT2D eigenvalue weighted by molar-refractivity contribution is 6.13. The van der Waals surface area contributed by atoms with Gasteiger partial charge in [0.15, 0.2) is 17.5 Å². The van der Waals surface area contributed by atoms with Crippen LogP contribution in [0.15, 0.2) is 161 Å². The van der Waals surface area contributed by atoms with E-state index in [0.29, 0.717) is 17.5 Å². The highest BCUT2D eigenvalue weighted by atomic mass is 16.3. The number of fused-ring (bicyclic) bond motifs is 9. The molecule has 1 unspecified atom stereocenters. The summed E-state index contributed by atoms with van der Waals surface area (Å²) in [6.45, 7) is 0. The first-order valence-corrected chi connectivity index (χ1v) is 17.6. The number of nitrogens with zero attached hydrogens (tertiary/aromatic N) is 3. The Morgan fingerprint density at radius 2 is 1.17 bits per heavy atom. The molecule has 1 aliphatic carbocycles. The van der Waals surface area contributed by atoms with Crippen LogP contribution in [0, 0.1) is 0 Å². The fraction of sp³-hybridized carbons (Fsp3) is 0.0426. The van der Waals surface area contributed by atoms with E-state index in [4.69, 9.17) is 23.8 Å². The summed E-state index contributed by atoms with van der Waals surface area (Å²) in [5, 5.41) is 7.92. The molecule has 0 bridgehead atoms. The fourth-order valence-electron chi connectivity index (χ4n) is 8.02. The summed E-state index contributed by atoms with van der Waals surface area (Å²) < 4.78 is 13.3. The van der Waals surface area contributed by atoms with Crippen molar-refractivity contribution in [3.8, 4) is 34.2 Å². The van der Waals surface area contributed by atoms with E-state index in [-0.39, 0.29) is 5.92 Å². The van der Waals surface area contributed by atoms with E-state index in [1.54, 1.807) is 0 Å². The number of aromatic nitrogens is 3. The highest BCUT2D eigenvalue weighted by Crippen LogP contribution is 2.46. The standard InChI is InChI=1S/C47H29N3O2/c1-2-12-29(13-3-1)45-48-46(31-23-24-33-30(27-31)22-21-28-11-4-5-14-32(28)33)50-47(49-45)39-26-25-37(44-42(39)38-16-7-9-20-41(38)52-44)36-18-10-17-35-34-15-6-8-19-40(34)51-43(35)36/h1-17,19-27,36H,18H2. The van der Waals surface area contributed by atoms with Crippen molar-refractivity contribution < 1.29 is 8.83 Å². The second-order valence-electron chi connectivity index (χ2n) is 13.5. The van der Waals surface area contributed by atoms with Crippen LogP contribution in [0.3, 0.4) is 0 Å². The zero-order valence-electron chi connectivity index (χ0n) is 28.0. The van der Waals surface area contributed by atoms with E-state index in [1.807, 2.05) is 54.6 Å². The van der Waals surface area contributed by atoms with Gasteiger partial charge in [-0.15, -0.1) is 0 Å². The van der Waals surface area contributed by atoms with E-state index in [1.165, 1.54) is 16.2 Å². The number of benzene rings is 7. The van der Waals surface area contributed by atoms with E-state index in [0.717, 1.165) is 78.3 Å². The minimum Gasteiger partial charge on any atom is -0.460 e. The Kier molecular flexibility index (Phi) is 6.31. The van der Waals surface area contributed by atoms with Crippen molar-refractivity contribution in [1.29, 1.82) is 0 Å². The van der Waals surface area contributed by atoms with Gasteiger partial charge in [-0.1, -0.05) is 133 Å². The number of allylic oxidation sites excluding steroid dienone is 1. The molecule has 0 saturated carbocycles. The SMILES string of the molecule is C1=Cc2c(oc3ccccc23)C(c2ccc(-c3nc(-c4ccccc4)nc(-c4ccc5c(ccc6ccccc65)c4)n3)c3c2oc2ccccc23)C1. The predicted octanol–water partition coefficient (Wildman–Crippen LogP) is 12.4. The quantitative estimate of drug-likeness (QED) is 0.175. The lowest BCUT2D eigenvalue weighted by Crippen LogP contribution is -2.05. The molecular formula is C47H29N3O2. The zero-order chi connectivity index (χ0) is 34.2. The number of rotatable bonds is 4. The summed E-state index contributed by atoms with van der Waals surface area (Å²) >= 11 is 0. The molecule has 1 atom stereocenters. The Labute approximate surface area is 298 Å². The van der Waals surface area contributed by atoms with Crippen LogP contribution in [0.5, 0.6) is 0 Å². The molecule has 10 aromatic rings. The molecule has 11 rings (SSSR count). The maximum Gasteiger partial charge on any atom is 0.164 e. The Hall–Kier alpha value is -6.85. The molecular weight excluding hydrogens is 639 g/mol. The van der Waals surface area contributed by atoms with Gasteiger partial charge in [-0.2, -0.15) is 0 Å². The van der Waals surface area contributed by atoms with Crippen molar-refractivity contribution in [1.82, 2.24) is 15.0 Å². The highest BCUT2D eigenvalue weighted by Gasteiger charge is 2.29. The van der Waals surface area contributed by atoms with Gasteiger partial charge in [-0.25, -0.2) is 15.0 Å². The van der Waals surface area contributed by atoms with Gasteiger partial charge in [0.2, 0.25) is 0 Å². The molecule has 0 spiro atoms. The molecule has 52 heavy (non-hydrogen) atoms. The van der Waals surface area contributed by atoms with Crippen LogP contribution in [0.2, 0.25) is 0 Å². The van der Waals surface area contributed by atoms with Crippen LogP contribution >= 0.6 is 0 Å². The van der Waals surface area contributed by atoms with Gasteiger partial charge in [0, 0.05) is 49.9 Å². The van der Waals surface area contributed by atoms with Gasteiger partial charge in [0.05, 0.1) is 0 Å². The normalized spacial score (nSPS) is 14.2. The third-order valence-corrected chi connectivity index (χ3v) is 10.5. The smallest absolute Gasteiger partial charge is 0.164 e. The Bertz CT molecular complexity index is 3060. The lowest BCUT2D eigenvalue weighted by molar-refractivity contribution is 0.514. The van der Waals surface area contributed by atoms with Crippen LogP contribution in [-0.4, -0.2) is 15.0 Å². The fourth-order valence-corrected chi connectivity index (χ4v) is 8.02. The number of para-hydroxylation sites is 2. The summed E-state index contributed by atoms with van der Waals surface area (Å²) in [7, 11) is 0. The van der Waals surface area contributed by atoms with Crippen molar-refractivity contribution in [3.05, 3.63) is 169 Å². The third kappa shape index (κ3) is 4.46. The van der Waals surface area contributed by atoms with Crippen LogP contribution in [-0.2, 0) is 0 Å². The average molecular weight is 668 g/mol. The summed E-state index contributed by atoms with van der Waals surface area (Å²) in [5.74, 6) is 2.79. The molecule has 1 aliphatic rings. The van der Waals surface area contributed by atoms with Gasteiger partial charge >= 0.3 is 0 Å². The van der Waals surface area contributed by atoms with E-state index in [9.17, 15) is 0 Å². The molecule has 244 valence electrons. The number of furan rings is 2. The lowest BCUT2D eigenvalue weighted by Gasteiger charge is -2.19. The Morgan fingerprint density at radius 3 is 2.04 bits per heavy atom. The van der Waals surface area contributed by atoms with E-state index >= 15 is 0 Å². The zero-order valence-corrected chi connectivity index (χ0v) is 28.0. The summed E-state index contributed by atoms with van der Waals surface area (Å²) in [5.41, 5.74) is 7.52. The molecule has 0 fully saturated rings. The molecule has 0 aliphatic heterocycles. The van der Waals surface area contributed by atoms with Crippen LogP contribution in [0.1, 0.15) is 29.2 Å². The molecule has 3 heterocycles. The van der Waals surface area contributed by atoms with Crippen molar-refractivity contribution in [3.63, 3.8) is 0 Å². The minimum atomic E-state index is -0.00741. The first-order valence-electron chi connectivity index (χ1n) is 17.6. The average Bonchev–Trinajstić information content (AvgIpc) is 3.80. The van der Waals surface area contributed by atoms with Gasteiger partial charge in [0.1, 0.15) is 22.5 Å². The number of hydrogen-bond donors (Lipinski definition) is 0. The number of hydrogen-bond acceptors (Lipinski definition) is 5. The topological polar surface area (TPSA) is 65.0 Å². The molecule has 0 amide bonds. The second kappa shape index (κ2) is 11.3. The van der Waals surface area contributed by atoms with E-state index in [2.05, 4.69) is 103 Å². The molecule has 5 nitrogen and oxygen atoms in total. The predicted molar refractivity (Wildman–Crippen MR) is 210 cm³/mol. The first-order chi connectivity index (χ1) is 25.8. The molecule has 0 radical (unpaired) electrons. The molecule has 7 aromatic carbocycles. The Balaban J connectivity index is 1.14. The second-order valence-corrected chi connectivity index (χ2v) is 13.5. The minimum absolute atomic E-state index is 0.00741. The molecule has 0 N–H and O–H groups in total. The Morgan fingerprint density at radius 1 is 0.500 bits per heavy atom. The summed E-state index contributed by atoms with van der Waals surface area (Å²) in [6.07, 6.45) is 5.24. The summed E-state index contributed by atoms with van der Waals surface area (Å²) in [6, 6.07) is 50.3. The summed E-state index contributed by atoms with van der Waals surface area (Å²) in [4.78, 5) is 15.4. The van der Waals surface area contributed by atoms with Crippen LogP contribution in [0.4, 0.5) is 0 Å². The van der Waals surface area contributed by atoms with Crippen molar-refractivity contribution >= 4 is 60.5 Å². The first kappa shape index (κ1) is 28.9. The van der Waals surface area contributed by atoms with Gasteiger partial charge in [-0.05, 0) is 52.2 Å². The van der Waals surface area contributed by atoms with Crippen molar-refractivity contribution in [2.24, 2.45) is 0 Å². The largest absolute Gasteiger partial charge is 0.460 e. The van der Waals surface area contributed by atoms with Gasteiger partial charge < -0.3 is 8.83 Å². The maximum absolute atomic E-state index is 6.76. The molecule has 3 aromatic heterocycles. The third-order valence-electron chi connectivity index (χ3n) is 10.5. The van der Waals surface area contributed by atoms with Crippen molar-refractivity contribution in [2.45, 2.75) is 12.3 Å². The van der Waals surface area contributed by atoms with Gasteiger partial charge in [0.25, 0.3) is 0 Å². The van der Waals surface area contributed by atoms with Crippen LogP contribution < -0.4 is 0 Å². The molecule has 5 heteroatoms. The van der Waals surface area contributed by atoms with Gasteiger partial charge in [-0.3, -0.25) is 0 Å². The monoisotopic (exact) mass is 667 g/mol. The van der Waals surface area contributed by atoms with E-state index < -0.39 is 0 Å². The van der Waals surface area contributed by atoms with Crippen LogP contribution in [0.25, 0.3) is 94.7 Å². The lowest BCUT2D eigenvalue weighted by atomic mass is 9.85. The molecule has 0 saturated heterocycles. The van der Waals surface area contributed by atoms with Crippen molar-refractivity contribution in [2.75, 3.05) is 0 Å².